The first-order valence-corrected chi connectivity index (χ1v) is 5.15. The summed E-state index contributed by atoms with van der Waals surface area (Å²) in [7, 11) is 0. The van der Waals surface area contributed by atoms with Crippen molar-refractivity contribution in [1.82, 2.24) is 10.6 Å². The normalized spacial score (nSPS) is 12.5. The van der Waals surface area contributed by atoms with Gasteiger partial charge >= 0.3 is 0 Å². The maximum Gasteiger partial charge on any atom is 0.287 e. The van der Waals surface area contributed by atoms with Gasteiger partial charge in [-0.1, -0.05) is 5.16 Å². The SMILES string of the molecule is NNC(=O)c1cc(-c2ccc3c(c2)OCO3)on1. The van der Waals surface area contributed by atoms with Crippen LogP contribution < -0.4 is 20.7 Å². The van der Waals surface area contributed by atoms with Crippen molar-refractivity contribution < 1.29 is 18.8 Å². The number of hydrogen-bond donors (Lipinski definition) is 2. The molecule has 0 saturated carbocycles. The molecule has 0 unspecified atom stereocenters. The number of nitrogens with two attached hydrogens (primary N) is 1. The van der Waals surface area contributed by atoms with E-state index < -0.39 is 5.91 Å². The Morgan fingerprint density at radius 2 is 2.11 bits per heavy atom. The molecule has 1 amide bonds. The molecule has 0 atom stereocenters. The monoisotopic (exact) mass is 247 g/mol. The predicted molar refractivity (Wildman–Crippen MR) is 59.7 cm³/mol. The first-order valence-electron chi connectivity index (χ1n) is 5.15. The first kappa shape index (κ1) is 10.6. The molecule has 92 valence electrons. The quantitative estimate of drug-likeness (QED) is 0.459. The third kappa shape index (κ3) is 1.66. The third-order valence-electron chi connectivity index (χ3n) is 2.53. The van der Waals surface area contributed by atoms with Gasteiger partial charge in [0.1, 0.15) is 0 Å². The Morgan fingerprint density at radius 3 is 2.94 bits per heavy atom. The van der Waals surface area contributed by atoms with Gasteiger partial charge in [0.05, 0.1) is 0 Å². The van der Waals surface area contributed by atoms with Crippen molar-refractivity contribution >= 4 is 5.91 Å². The molecule has 3 N–H and O–H groups in total. The zero-order valence-corrected chi connectivity index (χ0v) is 9.17. The topological polar surface area (TPSA) is 99.6 Å². The Balaban J connectivity index is 1.95. The van der Waals surface area contributed by atoms with Crippen molar-refractivity contribution in [3.05, 3.63) is 30.0 Å². The molecule has 0 saturated heterocycles. The van der Waals surface area contributed by atoms with E-state index in [9.17, 15) is 4.79 Å². The Kier molecular flexibility index (Phi) is 2.38. The van der Waals surface area contributed by atoms with Crippen LogP contribution in [0.15, 0.2) is 28.8 Å². The highest BCUT2D eigenvalue weighted by Gasteiger charge is 2.17. The lowest BCUT2D eigenvalue weighted by molar-refractivity contribution is 0.0944. The van der Waals surface area contributed by atoms with Gasteiger partial charge < -0.3 is 14.0 Å². The average molecular weight is 247 g/mol. The van der Waals surface area contributed by atoms with Gasteiger partial charge in [0.25, 0.3) is 5.91 Å². The summed E-state index contributed by atoms with van der Waals surface area (Å²) in [6.45, 7) is 0.204. The van der Waals surface area contributed by atoms with Gasteiger partial charge in [-0.2, -0.15) is 0 Å². The molecule has 0 bridgehead atoms. The zero-order valence-electron chi connectivity index (χ0n) is 9.17. The molecule has 1 aliphatic rings. The van der Waals surface area contributed by atoms with E-state index in [1.54, 1.807) is 18.2 Å². The van der Waals surface area contributed by atoms with Gasteiger partial charge in [-0.3, -0.25) is 10.2 Å². The number of nitrogens with one attached hydrogen (secondary N) is 1. The van der Waals surface area contributed by atoms with Gasteiger partial charge in [-0.15, -0.1) is 0 Å². The lowest BCUT2D eigenvalue weighted by Crippen LogP contribution is -2.30. The number of nitrogens with zero attached hydrogens (tertiary/aromatic N) is 1. The number of carbonyl (C=O) groups excluding carboxylic acids is 1. The summed E-state index contributed by atoms with van der Waals surface area (Å²) in [6, 6.07) is 6.81. The molecule has 2 heterocycles. The average Bonchev–Trinajstić information content (AvgIpc) is 3.05. The number of carbonyl (C=O) groups is 1. The van der Waals surface area contributed by atoms with Crippen LogP contribution in [0.2, 0.25) is 0 Å². The summed E-state index contributed by atoms with van der Waals surface area (Å²) in [5.41, 5.74) is 2.84. The van der Waals surface area contributed by atoms with E-state index in [4.69, 9.17) is 19.8 Å². The molecule has 7 heteroatoms. The fourth-order valence-electron chi connectivity index (χ4n) is 1.64. The number of hydrogen-bond acceptors (Lipinski definition) is 6. The van der Waals surface area contributed by atoms with E-state index in [1.807, 2.05) is 5.43 Å². The number of fused-ring (bicyclic) bond motifs is 1. The van der Waals surface area contributed by atoms with Gasteiger partial charge in [0.15, 0.2) is 23.0 Å². The second kappa shape index (κ2) is 4.04. The van der Waals surface area contributed by atoms with Gasteiger partial charge in [0.2, 0.25) is 6.79 Å². The molecule has 1 aromatic heterocycles. The minimum atomic E-state index is -0.509. The van der Waals surface area contributed by atoms with Crippen LogP contribution in [-0.4, -0.2) is 17.9 Å². The summed E-state index contributed by atoms with van der Waals surface area (Å²) in [5, 5.41) is 3.62. The molecule has 1 aliphatic heterocycles. The number of rotatable bonds is 2. The van der Waals surface area contributed by atoms with Crippen LogP contribution in [0, 0.1) is 0 Å². The van der Waals surface area contributed by atoms with E-state index in [-0.39, 0.29) is 12.5 Å². The summed E-state index contributed by atoms with van der Waals surface area (Å²) in [6.07, 6.45) is 0. The molecule has 0 spiro atoms. The maximum atomic E-state index is 11.2. The summed E-state index contributed by atoms with van der Waals surface area (Å²) < 4.78 is 15.5. The molecule has 0 radical (unpaired) electrons. The minimum Gasteiger partial charge on any atom is -0.454 e. The Labute approximate surface area is 101 Å². The van der Waals surface area contributed by atoms with Crippen LogP contribution in [0.4, 0.5) is 0 Å². The van der Waals surface area contributed by atoms with Gasteiger partial charge in [-0.25, -0.2) is 5.84 Å². The highest BCUT2D eigenvalue weighted by Crippen LogP contribution is 2.35. The van der Waals surface area contributed by atoms with E-state index >= 15 is 0 Å². The maximum absolute atomic E-state index is 11.2. The van der Waals surface area contributed by atoms with Crippen molar-refractivity contribution in [3.63, 3.8) is 0 Å². The van der Waals surface area contributed by atoms with Crippen molar-refractivity contribution in [2.75, 3.05) is 6.79 Å². The second-order valence-corrected chi connectivity index (χ2v) is 3.62. The standard InChI is InChI=1S/C11H9N3O4/c12-13-11(15)7-4-9(18-14-7)6-1-2-8-10(3-6)17-5-16-8/h1-4H,5,12H2,(H,13,15). The first-order chi connectivity index (χ1) is 8.78. The molecular weight excluding hydrogens is 238 g/mol. The Bertz CT molecular complexity index is 608. The highest BCUT2D eigenvalue weighted by molar-refractivity contribution is 5.92. The van der Waals surface area contributed by atoms with Crippen LogP contribution >= 0.6 is 0 Å². The minimum absolute atomic E-state index is 0.116. The zero-order chi connectivity index (χ0) is 12.5. The van der Waals surface area contributed by atoms with Crippen molar-refractivity contribution in [1.29, 1.82) is 0 Å². The number of nitrogen functional groups attached to an aromatic ring is 1. The molecule has 0 fully saturated rings. The van der Waals surface area contributed by atoms with Crippen molar-refractivity contribution in [2.24, 2.45) is 5.84 Å². The highest BCUT2D eigenvalue weighted by atomic mass is 16.7. The number of aromatic nitrogens is 1. The molecule has 7 nitrogen and oxygen atoms in total. The molecule has 2 aromatic rings. The lowest BCUT2D eigenvalue weighted by Gasteiger charge is -1.98. The number of hydrazine groups is 1. The third-order valence-corrected chi connectivity index (χ3v) is 2.53. The van der Waals surface area contributed by atoms with Crippen LogP contribution in [0.5, 0.6) is 11.5 Å². The van der Waals surface area contributed by atoms with E-state index in [0.29, 0.717) is 17.3 Å². The van der Waals surface area contributed by atoms with Crippen molar-refractivity contribution in [2.45, 2.75) is 0 Å². The second-order valence-electron chi connectivity index (χ2n) is 3.62. The summed E-state index contributed by atoms with van der Waals surface area (Å²) in [5.74, 6) is 6.26. The smallest absolute Gasteiger partial charge is 0.287 e. The van der Waals surface area contributed by atoms with Crippen LogP contribution in [0.3, 0.4) is 0 Å². The van der Waals surface area contributed by atoms with E-state index in [1.165, 1.54) is 6.07 Å². The van der Waals surface area contributed by atoms with Gasteiger partial charge in [0, 0.05) is 11.6 Å². The largest absolute Gasteiger partial charge is 0.454 e. The Morgan fingerprint density at radius 1 is 1.28 bits per heavy atom. The molecule has 3 rings (SSSR count). The molecule has 18 heavy (non-hydrogen) atoms. The fraction of sp³-hybridized carbons (Fsp3) is 0.0909. The summed E-state index contributed by atoms with van der Waals surface area (Å²) in [4.78, 5) is 11.2. The Hall–Kier alpha value is -2.54. The number of benzene rings is 1. The lowest BCUT2D eigenvalue weighted by atomic mass is 10.1. The van der Waals surface area contributed by atoms with Crippen LogP contribution in [-0.2, 0) is 0 Å². The summed E-state index contributed by atoms with van der Waals surface area (Å²) >= 11 is 0. The molecule has 0 aliphatic carbocycles. The predicted octanol–water partition coefficient (Wildman–Crippen LogP) is 0.674. The molecule has 1 aromatic carbocycles. The van der Waals surface area contributed by atoms with Crippen molar-refractivity contribution in [3.8, 4) is 22.8 Å². The van der Waals surface area contributed by atoms with E-state index in [2.05, 4.69) is 5.16 Å². The number of amides is 1. The van der Waals surface area contributed by atoms with E-state index in [0.717, 1.165) is 5.56 Å². The van der Waals surface area contributed by atoms with Crippen LogP contribution in [0.25, 0.3) is 11.3 Å². The van der Waals surface area contributed by atoms with Crippen LogP contribution in [0.1, 0.15) is 10.5 Å². The fourth-order valence-corrected chi connectivity index (χ4v) is 1.64. The number of ether oxygens (including phenoxy) is 2. The van der Waals surface area contributed by atoms with Gasteiger partial charge in [-0.05, 0) is 18.2 Å². The molecular formula is C11H9N3O4.